The van der Waals surface area contributed by atoms with E-state index in [0.717, 1.165) is 23.7 Å². The Labute approximate surface area is 350 Å². The molecule has 2 spiro atoms. The van der Waals surface area contributed by atoms with E-state index >= 15 is 0 Å². The summed E-state index contributed by atoms with van der Waals surface area (Å²) in [5.41, 5.74) is 18.7. The minimum Gasteiger partial charge on any atom is -0.310 e. The van der Waals surface area contributed by atoms with Crippen molar-refractivity contribution >= 4 is 27.8 Å². The molecule has 4 fully saturated rings. The number of fused-ring (bicyclic) bond motifs is 17. The molecule has 0 heterocycles. The first kappa shape index (κ1) is 34.5. The molecule has 0 aliphatic heterocycles. The van der Waals surface area contributed by atoms with Crippen molar-refractivity contribution in [3.63, 3.8) is 0 Å². The summed E-state index contributed by atoms with van der Waals surface area (Å²) in [6, 6.07) is 59.1. The fourth-order valence-corrected chi connectivity index (χ4v) is 15.0. The van der Waals surface area contributed by atoms with Gasteiger partial charge in [-0.15, -0.1) is 0 Å². The summed E-state index contributed by atoms with van der Waals surface area (Å²) >= 11 is 0. The van der Waals surface area contributed by atoms with E-state index in [1.807, 2.05) is 0 Å². The fourth-order valence-electron chi connectivity index (χ4n) is 15.0. The van der Waals surface area contributed by atoms with Crippen molar-refractivity contribution in [2.75, 3.05) is 4.90 Å². The third kappa shape index (κ3) is 4.74. The van der Waals surface area contributed by atoms with Gasteiger partial charge >= 0.3 is 0 Å². The highest BCUT2D eigenvalue weighted by atomic mass is 15.1. The number of hydrogen-bond acceptors (Lipinski definition) is 1. The average molecular weight is 764 g/mol. The maximum absolute atomic E-state index is 2.65. The lowest BCUT2D eigenvalue weighted by molar-refractivity contribution is 0.0426. The fraction of sp³-hybridized carbons (Fsp3) is 0.310. The van der Waals surface area contributed by atoms with Gasteiger partial charge in [-0.25, -0.2) is 0 Å². The number of nitrogens with zero attached hydrogens (tertiary/aromatic N) is 1. The van der Waals surface area contributed by atoms with Gasteiger partial charge in [0.25, 0.3) is 0 Å². The molecular weight excluding hydrogens is 711 g/mol. The molecule has 6 aliphatic rings. The van der Waals surface area contributed by atoms with Gasteiger partial charge in [-0.2, -0.15) is 0 Å². The molecule has 4 bridgehead atoms. The molecule has 0 N–H and O–H groups in total. The van der Waals surface area contributed by atoms with Crippen LogP contribution in [-0.2, 0) is 10.8 Å². The highest BCUT2D eigenvalue weighted by molar-refractivity contribution is 5.91. The van der Waals surface area contributed by atoms with Crippen LogP contribution in [0.5, 0.6) is 0 Å². The lowest BCUT2D eigenvalue weighted by Crippen LogP contribution is -2.49. The van der Waals surface area contributed by atoms with E-state index in [-0.39, 0.29) is 10.8 Å². The quantitative estimate of drug-likeness (QED) is 0.173. The summed E-state index contributed by atoms with van der Waals surface area (Å²) in [4.78, 5) is 2.59. The molecule has 13 rings (SSSR count). The maximum atomic E-state index is 2.65. The van der Waals surface area contributed by atoms with Gasteiger partial charge in [0, 0.05) is 27.9 Å². The Morgan fingerprint density at radius 2 is 1.10 bits per heavy atom. The number of hydrogen-bond donors (Lipinski definition) is 0. The van der Waals surface area contributed by atoms with Crippen LogP contribution < -0.4 is 4.90 Å². The minimum absolute atomic E-state index is 0.0454. The Morgan fingerprint density at radius 1 is 0.441 bits per heavy atom. The van der Waals surface area contributed by atoms with E-state index in [1.165, 1.54) is 113 Å². The average Bonchev–Trinajstić information content (AvgIpc) is 4.03. The second-order valence-corrected chi connectivity index (χ2v) is 19.9. The molecule has 7 aromatic rings. The number of anilines is 3. The van der Waals surface area contributed by atoms with E-state index in [9.17, 15) is 0 Å². The van der Waals surface area contributed by atoms with Crippen molar-refractivity contribution in [1.82, 2.24) is 0 Å². The third-order valence-corrected chi connectivity index (χ3v) is 17.0. The zero-order valence-electron chi connectivity index (χ0n) is 34.5. The van der Waals surface area contributed by atoms with Gasteiger partial charge in [-0.05, 0) is 189 Å². The van der Waals surface area contributed by atoms with E-state index in [1.54, 1.807) is 22.3 Å². The first-order valence-corrected chi connectivity index (χ1v) is 22.9. The minimum atomic E-state index is 0.0454. The second-order valence-electron chi connectivity index (χ2n) is 19.9. The Hall–Kier alpha value is -5.40. The van der Waals surface area contributed by atoms with Gasteiger partial charge in [0.1, 0.15) is 0 Å². The summed E-state index contributed by atoms with van der Waals surface area (Å²) in [6.45, 7) is 5.12. The lowest BCUT2D eigenvalue weighted by Gasteiger charge is -2.54. The highest BCUT2D eigenvalue weighted by Gasteiger charge is 2.58. The normalized spacial score (nSPS) is 29.1. The van der Waals surface area contributed by atoms with Gasteiger partial charge in [0.2, 0.25) is 0 Å². The lowest BCUT2D eigenvalue weighted by atomic mass is 9.49. The SMILES string of the molecule is C[C@@H]1CC2C[C@H](C1)[C@@]1(c3ccccc3-c3ccc(N(c4ccc(-c5ccc6ccccc6c5)cc4)c4ccc5c(c4)-c4ccccc4[C@]54CC5CCC4C5)cc31)[C@@H](C)C2. The zero-order chi connectivity index (χ0) is 39.0. The summed E-state index contributed by atoms with van der Waals surface area (Å²) in [5, 5.41) is 2.57. The molecule has 3 unspecified atom stereocenters. The molecule has 59 heavy (non-hydrogen) atoms. The summed E-state index contributed by atoms with van der Waals surface area (Å²) in [5.74, 6) is 4.53. The van der Waals surface area contributed by atoms with Crippen molar-refractivity contribution < 1.29 is 0 Å². The van der Waals surface area contributed by atoms with Crippen LogP contribution >= 0.6 is 0 Å². The van der Waals surface area contributed by atoms with Gasteiger partial charge < -0.3 is 4.90 Å². The molecule has 0 aromatic heterocycles. The highest BCUT2D eigenvalue weighted by Crippen LogP contribution is 2.67. The first-order valence-electron chi connectivity index (χ1n) is 22.9. The topological polar surface area (TPSA) is 3.24 Å². The zero-order valence-corrected chi connectivity index (χ0v) is 34.5. The van der Waals surface area contributed by atoms with Crippen LogP contribution in [0.3, 0.4) is 0 Å². The van der Waals surface area contributed by atoms with Crippen LogP contribution in [0, 0.1) is 35.5 Å². The van der Waals surface area contributed by atoms with Gasteiger partial charge in [-0.1, -0.05) is 129 Å². The molecular formula is C58H53N. The largest absolute Gasteiger partial charge is 0.310 e. The summed E-state index contributed by atoms with van der Waals surface area (Å²) < 4.78 is 0. The Kier molecular flexibility index (Phi) is 7.34. The molecule has 0 saturated heterocycles. The Bertz CT molecular complexity index is 2820. The van der Waals surface area contributed by atoms with Crippen molar-refractivity contribution in [1.29, 1.82) is 0 Å². The first-order chi connectivity index (χ1) is 29.0. The standard InChI is InChI=1S/C58H53N/c1-36-27-39-29-37(2)58(45(28-36)31-39)55-14-8-6-11-49(55)51-25-23-48(34-56(51)58)59(46-21-18-41(19-22-46)43-17-16-40-9-3-4-10-42(40)32-43)47-24-26-54-52(33-47)50-12-5-7-13-53(50)57(54)35-38-15-20-44(57)30-38/h3-14,16-19,21-26,32-34,36-39,44-45H,15,20,27-31,35H2,1-2H3/t36-,37+,38?,39?,44?,45+,57-,58-/m1/s1. The second kappa shape index (κ2) is 12.6. The van der Waals surface area contributed by atoms with E-state index in [0.29, 0.717) is 11.8 Å². The summed E-state index contributed by atoms with van der Waals surface area (Å²) in [7, 11) is 0. The van der Waals surface area contributed by atoms with Crippen molar-refractivity contribution in [2.45, 2.75) is 76.0 Å². The van der Waals surface area contributed by atoms with Gasteiger partial charge in [0.05, 0.1) is 0 Å². The predicted octanol–water partition coefficient (Wildman–Crippen LogP) is 15.4. The molecule has 7 aromatic carbocycles. The Morgan fingerprint density at radius 3 is 1.92 bits per heavy atom. The van der Waals surface area contributed by atoms with Crippen molar-refractivity contribution in [2.24, 2.45) is 35.5 Å². The molecule has 8 atom stereocenters. The molecule has 0 radical (unpaired) electrons. The predicted molar refractivity (Wildman–Crippen MR) is 246 cm³/mol. The van der Waals surface area contributed by atoms with Crippen LogP contribution in [0.1, 0.15) is 87.5 Å². The monoisotopic (exact) mass is 763 g/mol. The number of benzene rings is 7. The molecule has 1 heteroatoms. The molecule has 0 amide bonds. The molecule has 290 valence electrons. The van der Waals surface area contributed by atoms with Crippen LogP contribution in [0.2, 0.25) is 0 Å². The van der Waals surface area contributed by atoms with Crippen LogP contribution in [0.15, 0.2) is 152 Å². The van der Waals surface area contributed by atoms with Gasteiger partial charge in [0.15, 0.2) is 0 Å². The van der Waals surface area contributed by atoms with E-state index < -0.39 is 0 Å². The molecule has 4 saturated carbocycles. The van der Waals surface area contributed by atoms with Crippen LogP contribution in [0.4, 0.5) is 17.1 Å². The maximum Gasteiger partial charge on any atom is 0.0468 e. The van der Waals surface area contributed by atoms with E-state index in [2.05, 4.69) is 170 Å². The summed E-state index contributed by atoms with van der Waals surface area (Å²) in [6.07, 6.45) is 10.9. The number of rotatable bonds is 4. The van der Waals surface area contributed by atoms with Gasteiger partial charge in [-0.3, -0.25) is 0 Å². The van der Waals surface area contributed by atoms with Crippen LogP contribution in [0.25, 0.3) is 44.2 Å². The molecule has 1 nitrogen and oxygen atoms in total. The molecule has 6 aliphatic carbocycles. The van der Waals surface area contributed by atoms with Crippen LogP contribution in [-0.4, -0.2) is 0 Å². The van der Waals surface area contributed by atoms with Crippen molar-refractivity contribution in [3.05, 3.63) is 174 Å². The van der Waals surface area contributed by atoms with Crippen molar-refractivity contribution in [3.8, 4) is 33.4 Å². The van der Waals surface area contributed by atoms with E-state index in [4.69, 9.17) is 0 Å². The Balaban J connectivity index is 0.993. The third-order valence-electron chi connectivity index (χ3n) is 17.0. The smallest absolute Gasteiger partial charge is 0.0468 e.